The number of benzene rings is 1. The van der Waals surface area contributed by atoms with Gasteiger partial charge in [0.15, 0.2) is 11.5 Å². The van der Waals surface area contributed by atoms with E-state index in [9.17, 15) is 4.79 Å². The lowest BCUT2D eigenvalue weighted by molar-refractivity contribution is 0.112. The number of hydrogen-bond acceptors (Lipinski definition) is 4. The molecule has 0 atom stereocenters. The Kier molecular flexibility index (Phi) is 5.69. The molecule has 0 saturated carbocycles. The van der Waals surface area contributed by atoms with Crippen molar-refractivity contribution in [2.45, 2.75) is 0 Å². The maximum atomic E-state index is 10.7. The molecule has 1 rings (SSSR count). The van der Waals surface area contributed by atoms with E-state index in [1.165, 1.54) is 0 Å². The summed E-state index contributed by atoms with van der Waals surface area (Å²) in [4.78, 5) is 10.7. The molecule has 1 aromatic rings. The maximum Gasteiger partial charge on any atom is 0.175 e. The zero-order valence-electron chi connectivity index (χ0n) is 9.16. The van der Waals surface area contributed by atoms with E-state index in [2.05, 4.69) is 15.9 Å². The van der Waals surface area contributed by atoms with Crippen molar-refractivity contribution in [3.63, 3.8) is 0 Å². The van der Waals surface area contributed by atoms with Gasteiger partial charge in [-0.1, -0.05) is 0 Å². The van der Waals surface area contributed by atoms with Crippen LogP contribution in [0.3, 0.4) is 0 Å². The Labute approximate surface area is 108 Å². The quantitative estimate of drug-likeness (QED) is 0.598. The fraction of sp³-hybridized carbons (Fsp3) is 0.364. The molecular weight excluding hydrogens is 292 g/mol. The molecule has 0 bridgehead atoms. The lowest BCUT2D eigenvalue weighted by Gasteiger charge is -2.12. The second kappa shape index (κ2) is 6.81. The van der Waals surface area contributed by atoms with Gasteiger partial charge >= 0.3 is 0 Å². The molecule has 0 aliphatic rings. The van der Waals surface area contributed by atoms with Crippen molar-refractivity contribution in [1.82, 2.24) is 0 Å². The maximum absolute atomic E-state index is 10.7. The Morgan fingerprint density at radius 3 is 2.81 bits per heavy atom. The van der Waals surface area contributed by atoms with E-state index < -0.39 is 0 Å². The summed E-state index contributed by atoms with van der Waals surface area (Å²) in [5.41, 5.74) is 0.556. The minimum absolute atomic E-state index is 0.556. The monoisotopic (exact) mass is 304 g/mol. The summed E-state index contributed by atoms with van der Waals surface area (Å²) in [6.45, 7) is 0.608. The summed E-state index contributed by atoms with van der Waals surface area (Å²) in [7, 11) is 1.55. The standard InChI is InChI=1S/C11H13BrO3S/c1-14-10-6-8(7-13)5-9(12)11(10)15-3-4-16-2/h5-7H,3-4H2,1-2H3. The van der Waals surface area contributed by atoms with Gasteiger partial charge in [0.25, 0.3) is 0 Å². The molecule has 0 saturated heterocycles. The third-order valence-electron chi connectivity index (χ3n) is 1.92. The third kappa shape index (κ3) is 3.42. The average Bonchev–Trinajstić information content (AvgIpc) is 2.30. The van der Waals surface area contributed by atoms with Gasteiger partial charge in [0.05, 0.1) is 18.2 Å². The number of rotatable bonds is 6. The van der Waals surface area contributed by atoms with Crippen molar-refractivity contribution in [2.24, 2.45) is 0 Å². The number of methoxy groups -OCH3 is 1. The second-order valence-corrected chi connectivity index (χ2v) is 4.83. The minimum atomic E-state index is 0.556. The topological polar surface area (TPSA) is 35.5 Å². The molecule has 0 N–H and O–H groups in total. The Bertz CT molecular complexity index is 368. The van der Waals surface area contributed by atoms with Crippen LogP contribution >= 0.6 is 27.7 Å². The molecule has 0 spiro atoms. The van der Waals surface area contributed by atoms with Crippen LogP contribution in [-0.2, 0) is 0 Å². The molecule has 0 unspecified atom stereocenters. The summed E-state index contributed by atoms with van der Waals surface area (Å²) in [5, 5.41) is 0. The average molecular weight is 305 g/mol. The van der Waals surface area contributed by atoms with E-state index in [1.54, 1.807) is 31.0 Å². The highest BCUT2D eigenvalue weighted by Gasteiger charge is 2.11. The van der Waals surface area contributed by atoms with Crippen LogP contribution in [0.15, 0.2) is 16.6 Å². The van der Waals surface area contributed by atoms with Crippen molar-refractivity contribution in [2.75, 3.05) is 25.7 Å². The van der Waals surface area contributed by atoms with Gasteiger partial charge in [-0.2, -0.15) is 11.8 Å². The van der Waals surface area contributed by atoms with Gasteiger partial charge in [0.2, 0.25) is 0 Å². The second-order valence-electron chi connectivity index (χ2n) is 2.99. The Hall–Kier alpha value is -0.680. The normalized spacial score (nSPS) is 9.94. The zero-order valence-corrected chi connectivity index (χ0v) is 11.6. The number of hydrogen-bond donors (Lipinski definition) is 0. The van der Waals surface area contributed by atoms with E-state index in [0.29, 0.717) is 23.7 Å². The van der Waals surface area contributed by atoms with Gasteiger partial charge in [-0.3, -0.25) is 4.79 Å². The highest BCUT2D eigenvalue weighted by atomic mass is 79.9. The summed E-state index contributed by atoms with van der Waals surface area (Å²) in [6, 6.07) is 3.37. The molecule has 0 amide bonds. The molecule has 1 aromatic carbocycles. The number of thioether (sulfide) groups is 1. The number of carbonyl (C=O) groups excluding carboxylic acids is 1. The van der Waals surface area contributed by atoms with Crippen LogP contribution in [0.5, 0.6) is 11.5 Å². The van der Waals surface area contributed by atoms with Gasteiger partial charge < -0.3 is 9.47 Å². The predicted molar refractivity (Wildman–Crippen MR) is 70.0 cm³/mol. The van der Waals surface area contributed by atoms with Gasteiger partial charge in [0.1, 0.15) is 6.29 Å². The summed E-state index contributed by atoms with van der Waals surface area (Å²) in [6.07, 6.45) is 2.80. The van der Waals surface area contributed by atoms with Gasteiger partial charge in [-0.25, -0.2) is 0 Å². The molecular formula is C11H13BrO3S. The van der Waals surface area contributed by atoms with Crippen LogP contribution in [0.4, 0.5) is 0 Å². The van der Waals surface area contributed by atoms with Crippen LogP contribution in [0, 0.1) is 0 Å². The predicted octanol–water partition coefficient (Wildman–Crippen LogP) is 3.01. The van der Waals surface area contributed by atoms with E-state index >= 15 is 0 Å². The molecule has 0 fully saturated rings. The molecule has 5 heteroatoms. The van der Waals surface area contributed by atoms with E-state index in [0.717, 1.165) is 16.5 Å². The molecule has 0 aliphatic carbocycles. The van der Waals surface area contributed by atoms with E-state index in [4.69, 9.17) is 9.47 Å². The van der Waals surface area contributed by atoms with Crippen molar-refractivity contribution in [1.29, 1.82) is 0 Å². The van der Waals surface area contributed by atoms with Crippen LogP contribution in [0.2, 0.25) is 0 Å². The molecule has 88 valence electrons. The fourth-order valence-electron chi connectivity index (χ4n) is 1.17. The summed E-state index contributed by atoms with van der Waals surface area (Å²) < 4.78 is 11.5. The van der Waals surface area contributed by atoms with Crippen molar-refractivity contribution >= 4 is 34.0 Å². The third-order valence-corrected chi connectivity index (χ3v) is 3.09. The highest BCUT2D eigenvalue weighted by Crippen LogP contribution is 2.36. The first-order chi connectivity index (χ1) is 7.72. The van der Waals surface area contributed by atoms with Crippen molar-refractivity contribution in [3.8, 4) is 11.5 Å². The molecule has 16 heavy (non-hydrogen) atoms. The summed E-state index contributed by atoms with van der Waals surface area (Å²) in [5.74, 6) is 2.12. The Morgan fingerprint density at radius 1 is 1.50 bits per heavy atom. The first-order valence-electron chi connectivity index (χ1n) is 4.67. The number of ether oxygens (including phenoxy) is 2. The van der Waals surface area contributed by atoms with Crippen LogP contribution < -0.4 is 9.47 Å². The van der Waals surface area contributed by atoms with E-state index in [-0.39, 0.29) is 0 Å². The largest absolute Gasteiger partial charge is 0.493 e. The zero-order chi connectivity index (χ0) is 12.0. The number of carbonyl (C=O) groups is 1. The number of halogens is 1. The molecule has 0 radical (unpaired) electrons. The van der Waals surface area contributed by atoms with Crippen LogP contribution in [-0.4, -0.2) is 32.0 Å². The van der Waals surface area contributed by atoms with Crippen LogP contribution in [0.1, 0.15) is 10.4 Å². The van der Waals surface area contributed by atoms with Crippen molar-refractivity contribution < 1.29 is 14.3 Å². The van der Waals surface area contributed by atoms with Crippen molar-refractivity contribution in [3.05, 3.63) is 22.2 Å². The smallest absolute Gasteiger partial charge is 0.175 e. The molecule has 0 heterocycles. The first kappa shape index (κ1) is 13.4. The first-order valence-corrected chi connectivity index (χ1v) is 6.86. The summed E-state index contributed by atoms with van der Waals surface area (Å²) >= 11 is 5.07. The lowest BCUT2D eigenvalue weighted by Crippen LogP contribution is -2.02. The Balaban J connectivity index is 2.92. The van der Waals surface area contributed by atoms with Gasteiger partial charge in [-0.05, 0) is 34.3 Å². The van der Waals surface area contributed by atoms with Gasteiger partial charge in [0, 0.05) is 11.3 Å². The number of aldehydes is 1. The van der Waals surface area contributed by atoms with Gasteiger partial charge in [-0.15, -0.1) is 0 Å². The molecule has 0 aromatic heterocycles. The Morgan fingerprint density at radius 2 is 2.25 bits per heavy atom. The molecule has 0 aliphatic heterocycles. The van der Waals surface area contributed by atoms with E-state index in [1.807, 2.05) is 6.26 Å². The highest BCUT2D eigenvalue weighted by molar-refractivity contribution is 9.10. The minimum Gasteiger partial charge on any atom is -0.493 e. The van der Waals surface area contributed by atoms with Crippen LogP contribution in [0.25, 0.3) is 0 Å². The fourth-order valence-corrected chi connectivity index (χ4v) is 2.00. The molecule has 3 nitrogen and oxygen atoms in total. The lowest BCUT2D eigenvalue weighted by atomic mass is 10.2. The SMILES string of the molecule is COc1cc(C=O)cc(Br)c1OCCSC.